The topological polar surface area (TPSA) is 90.8 Å². The number of carbonyl (C=O) groups is 1. The van der Waals surface area contributed by atoms with E-state index in [1.54, 1.807) is 0 Å². The third-order valence-corrected chi connectivity index (χ3v) is 5.96. The average molecular weight is 347 g/mol. The molecule has 1 aliphatic carbocycles. The number of piperidine rings is 3. The summed E-state index contributed by atoms with van der Waals surface area (Å²) in [4.78, 5) is 25.7. The summed E-state index contributed by atoms with van der Waals surface area (Å²) in [5.74, 6) is 0.619. The van der Waals surface area contributed by atoms with Gasteiger partial charge in [0, 0.05) is 48.8 Å². The molecule has 0 aromatic carbocycles. The van der Waals surface area contributed by atoms with Gasteiger partial charge in [-0.25, -0.2) is 5.43 Å². The normalized spacial score (nSPS) is 34.5. The summed E-state index contributed by atoms with van der Waals surface area (Å²) in [6.45, 7) is 3.79. The zero-order chi connectivity index (χ0) is 17.4. The van der Waals surface area contributed by atoms with E-state index in [1.165, 1.54) is 12.8 Å². The number of nitro groups is 1. The molecule has 4 aliphatic heterocycles. The third-order valence-electron chi connectivity index (χ3n) is 5.96. The van der Waals surface area contributed by atoms with E-state index in [0.29, 0.717) is 31.7 Å². The molecule has 25 heavy (non-hydrogen) atoms. The highest BCUT2D eigenvalue weighted by atomic mass is 16.6. The largest absolute Gasteiger partial charge is 0.348 e. The lowest BCUT2D eigenvalue weighted by Crippen LogP contribution is -2.57. The summed E-state index contributed by atoms with van der Waals surface area (Å²) >= 11 is 0. The van der Waals surface area contributed by atoms with Crippen LogP contribution in [0.5, 0.6) is 0 Å². The van der Waals surface area contributed by atoms with E-state index in [-0.39, 0.29) is 16.9 Å². The standard InChI is InChI=1S/C17H25N5O3/c23-17(19-16-11-20-7-5-12(16)6-8-20)13-9-18-21(10-13)14-1-3-15(4-2-14)22(24)25/h1,10,12,15-16,18H,2-9,11H2,(H,19,23)/t15-,16?/m0/s1. The molecule has 136 valence electrons. The zero-order valence-electron chi connectivity index (χ0n) is 14.3. The molecule has 4 heterocycles. The minimum Gasteiger partial charge on any atom is -0.348 e. The molecule has 0 aromatic heterocycles. The fourth-order valence-electron chi connectivity index (χ4n) is 4.35. The van der Waals surface area contributed by atoms with Crippen LogP contribution in [0, 0.1) is 16.0 Å². The van der Waals surface area contributed by atoms with Gasteiger partial charge >= 0.3 is 0 Å². The second-order valence-corrected chi connectivity index (χ2v) is 7.49. The van der Waals surface area contributed by atoms with E-state index >= 15 is 0 Å². The fourth-order valence-corrected chi connectivity index (χ4v) is 4.35. The first-order valence-electron chi connectivity index (χ1n) is 9.19. The van der Waals surface area contributed by atoms with Gasteiger partial charge in [-0.05, 0) is 38.3 Å². The van der Waals surface area contributed by atoms with Crippen molar-refractivity contribution in [3.8, 4) is 0 Å². The quantitative estimate of drug-likeness (QED) is 0.572. The number of hydrogen-bond acceptors (Lipinski definition) is 6. The monoisotopic (exact) mass is 347 g/mol. The lowest BCUT2D eigenvalue weighted by Gasteiger charge is -2.44. The molecule has 0 saturated carbocycles. The minimum atomic E-state index is -0.477. The van der Waals surface area contributed by atoms with Crippen LogP contribution < -0.4 is 10.7 Å². The second kappa shape index (κ2) is 6.76. The molecular weight excluding hydrogens is 322 g/mol. The van der Waals surface area contributed by atoms with Gasteiger partial charge in [-0.2, -0.15) is 0 Å². The van der Waals surface area contributed by atoms with Crippen LogP contribution in [0.1, 0.15) is 32.1 Å². The third kappa shape index (κ3) is 3.41. The molecular formula is C17H25N5O3. The van der Waals surface area contributed by atoms with Crippen molar-refractivity contribution >= 4 is 5.91 Å². The Hall–Kier alpha value is -1.93. The molecule has 2 N–H and O–H groups in total. The van der Waals surface area contributed by atoms with E-state index < -0.39 is 6.04 Å². The van der Waals surface area contributed by atoms with Crippen LogP contribution in [0.3, 0.4) is 0 Å². The van der Waals surface area contributed by atoms with E-state index in [4.69, 9.17) is 0 Å². The first kappa shape index (κ1) is 16.5. The summed E-state index contributed by atoms with van der Waals surface area (Å²) in [6.07, 6.45) is 7.77. The first-order chi connectivity index (χ1) is 12.1. The summed E-state index contributed by atoms with van der Waals surface area (Å²) < 4.78 is 0. The molecule has 8 heteroatoms. The van der Waals surface area contributed by atoms with Crippen molar-refractivity contribution in [1.29, 1.82) is 0 Å². The molecule has 0 aromatic rings. The Morgan fingerprint density at radius 2 is 2.12 bits per heavy atom. The first-order valence-corrected chi connectivity index (χ1v) is 9.19. The van der Waals surface area contributed by atoms with Crippen LogP contribution in [0.4, 0.5) is 0 Å². The summed E-state index contributed by atoms with van der Waals surface area (Å²) in [7, 11) is 0. The number of amides is 1. The SMILES string of the molecule is O=C(NC1CN2CCC1CC2)C1=CN(C2=CC[C@H]([N+](=O)[O-])CC2)NC1. The molecule has 2 bridgehead atoms. The Kier molecular flexibility index (Phi) is 4.47. The van der Waals surface area contributed by atoms with E-state index in [9.17, 15) is 14.9 Å². The molecule has 2 atom stereocenters. The number of nitrogens with one attached hydrogen (secondary N) is 2. The lowest BCUT2D eigenvalue weighted by atomic mass is 9.84. The molecule has 0 radical (unpaired) electrons. The maximum Gasteiger partial charge on any atom is 0.250 e. The lowest BCUT2D eigenvalue weighted by molar-refractivity contribution is -0.523. The zero-order valence-corrected chi connectivity index (χ0v) is 14.3. The van der Waals surface area contributed by atoms with Crippen LogP contribution in [-0.2, 0) is 4.79 Å². The van der Waals surface area contributed by atoms with Gasteiger partial charge in [0.2, 0.25) is 11.9 Å². The highest BCUT2D eigenvalue weighted by molar-refractivity contribution is 5.94. The van der Waals surface area contributed by atoms with Crippen LogP contribution in [0.25, 0.3) is 0 Å². The van der Waals surface area contributed by atoms with Crippen molar-refractivity contribution in [3.63, 3.8) is 0 Å². The van der Waals surface area contributed by atoms with Gasteiger partial charge in [-0.15, -0.1) is 0 Å². The van der Waals surface area contributed by atoms with E-state index in [2.05, 4.69) is 15.6 Å². The predicted octanol–water partition coefficient (Wildman–Crippen LogP) is 0.614. The van der Waals surface area contributed by atoms with Crippen LogP contribution >= 0.6 is 0 Å². The second-order valence-electron chi connectivity index (χ2n) is 7.49. The molecule has 3 saturated heterocycles. The smallest absolute Gasteiger partial charge is 0.250 e. The van der Waals surface area contributed by atoms with E-state index in [1.807, 2.05) is 17.3 Å². The molecule has 0 spiro atoms. The summed E-state index contributed by atoms with van der Waals surface area (Å²) in [5.41, 5.74) is 4.95. The Labute approximate surface area is 147 Å². The molecule has 8 nitrogen and oxygen atoms in total. The van der Waals surface area contributed by atoms with Crippen molar-refractivity contribution in [3.05, 3.63) is 33.7 Å². The van der Waals surface area contributed by atoms with Gasteiger partial charge < -0.3 is 10.2 Å². The van der Waals surface area contributed by atoms with Crippen molar-refractivity contribution in [1.82, 2.24) is 20.7 Å². The van der Waals surface area contributed by atoms with Gasteiger partial charge in [-0.3, -0.25) is 19.9 Å². The van der Waals surface area contributed by atoms with Crippen molar-refractivity contribution < 1.29 is 9.72 Å². The van der Waals surface area contributed by atoms with Crippen LogP contribution in [-0.4, -0.2) is 59.0 Å². The number of carbonyl (C=O) groups excluding carboxylic acids is 1. The molecule has 1 amide bonds. The van der Waals surface area contributed by atoms with Crippen molar-refractivity contribution in [2.45, 2.75) is 44.2 Å². The van der Waals surface area contributed by atoms with E-state index in [0.717, 1.165) is 30.9 Å². The van der Waals surface area contributed by atoms with Gasteiger partial charge in [0.15, 0.2) is 0 Å². The van der Waals surface area contributed by atoms with Gasteiger partial charge in [0.1, 0.15) is 0 Å². The molecule has 5 aliphatic rings. The Morgan fingerprint density at radius 3 is 2.72 bits per heavy atom. The molecule has 5 rings (SSSR count). The number of hydrazine groups is 1. The van der Waals surface area contributed by atoms with Crippen LogP contribution in [0.2, 0.25) is 0 Å². The minimum absolute atomic E-state index is 0.00771. The number of nitrogens with zero attached hydrogens (tertiary/aromatic N) is 3. The predicted molar refractivity (Wildman–Crippen MR) is 91.7 cm³/mol. The highest BCUT2D eigenvalue weighted by Crippen LogP contribution is 2.28. The average Bonchev–Trinajstić information content (AvgIpc) is 3.13. The Balaban J connectivity index is 1.35. The van der Waals surface area contributed by atoms with Gasteiger partial charge in [0.25, 0.3) is 0 Å². The Morgan fingerprint density at radius 1 is 1.32 bits per heavy atom. The Bertz CT molecular complexity index is 624. The fraction of sp³-hybridized carbons (Fsp3) is 0.706. The maximum absolute atomic E-state index is 12.6. The molecule has 1 unspecified atom stereocenters. The van der Waals surface area contributed by atoms with Crippen molar-refractivity contribution in [2.24, 2.45) is 5.92 Å². The maximum atomic E-state index is 12.6. The van der Waals surface area contributed by atoms with Gasteiger partial charge in [-0.1, -0.05) is 6.08 Å². The van der Waals surface area contributed by atoms with Crippen molar-refractivity contribution in [2.75, 3.05) is 26.2 Å². The number of allylic oxidation sites excluding steroid dienone is 1. The number of hydrogen-bond donors (Lipinski definition) is 2. The highest BCUT2D eigenvalue weighted by Gasteiger charge is 2.35. The molecule has 3 fully saturated rings. The summed E-state index contributed by atoms with van der Waals surface area (Å²) in [5, 5.41) is 15.9. The van der Waals surface area contributed by atoms with Gasteiger partial charge in [0.05, 0.1) is 5.57 Å². The number of fused-ring (bicyclic) bond motifs is 3. The number of rotatable bonds is 4. The summed E-state index contributed by atoms with van der Waals surface area (Å²) in [6, 6.07) is -0.213. The van der Waals surface area contributed by atoms with Crippen LogP contribution in [0.15, 0.2) is 23.5 Å².